The number of thiol groups is 1. The molecule has 0 aromatic rings. The van der Waals surface area contributed by atoms with Gasteiger partial charge in [-0.1, -0.05) is 0 Å². The third-order valence-corrected chi connectivity index (χ3v) is 2.42. The third-order valence-electron chi connectivity index (χ3n) is 0.269. The lowest BCUT2D eigenvalue weighted by Crippen LogP contribution is -2.04. The first kappa shape index (κ1) is 7.86. The molecule has 8 heavy (non-hydrogen) atoms. The van der Waals surface area contributed by atoms with Gasteiger partial charge in [0.1, 0.15) is 0 Å². The molecular weight excluding hydrogens is 156 g/mol. The van der Waals surface area contributed by atoms with Crippen molar-refractivity contribution in [3.05, 3.63) is 0 Å². The highest BCUT2D eigenvalue weighted by Gasteiger charge is 2.03. The summed E-state index contributed by atoms with van der Waals surface area (Å²) in [6, 6.07) is 0. The Kier molecular flexibility index (Phi) is 2.38. The molecule has 7 heteroatoms. The Morgan fingerprint density at radius 1 is 1.38 bits per heavy atom. The average Bonchev–Trinajstić information content (AvgIpc) is 1.21. The van der Waals surface area contributed by atoms with Crippen LogP contribution in [-0.4, -0.2) is 26.5 Å². The van der Waals surface area contributed by atoms with Crippen LogP contribution in [0.4, 0.5) is 0 Å². The highest BCUT2D eigenvalue weighted by atomic mass is 32.3. The highest BCUT2D eigenvalue weighted by molar-refractivity contribution is 7.97. The minimum atomic E-state index is -4.32. The van der Waals surface area contributed by atoms with Crippen molar-refractivity contribution in [1.29, 1.82) is 0 Å². The van der Waals surface area contributed by atoms with Crippen LogP contribution >= 0.6 is 0 Å². The topological polar surface area (TPSA) is 88.5 Å². The fourth-order valence-corrected chi connectivity index (χ4v) is 1.20. The van der Waals surface area contributed by atoms with E-state index in [1.54, 1.807) is 0 Å². The second-order valence-corrected chi connectivity index (χ2v) is 3.91. The Balaban J connectivity index is 4.16. The van der Waals surface area contributed by atoms with Crippen molar-refractivity contribution in [2.24, 2.45) is 0 Å². The molecule has 0 saturated heterocycles. The summed E-state index contributed by atoms with van der Waals surface area (Å²) in [6.07, 6.45) is 0. The summed E-state index contributed by atoms with van der Waals surface area (Å²) in [5, 5.41) is -1.19. The maximum Gasteiger partial charge on any atom is 0.279 e. The molecule has 0 aromatic heterocycles. The average molecular weight is 160 g/mol. The van der Waals surface area contributed by atoms with E-state index in [9.17, 15) is 16.8 Å². The summed E-state index contributed by atoms with van der Waals surface area (Å²) in [5.41, 5.74) is 0. The molecule has 0 aromatic carbocycles. The van der Waals surface area contributed by atoms with Crippen molar-refractivity contribution in [3.8, 4) is 0 Å². The summed E-state index contributed by atoms with van der Waals surface area (Å²) in [4.78, 5) is 0. The van der Waals surface area contributed by atoms with Gasteiger partial charge < -0.3 is 0 Å². The molecule has 0 unspecified atom stereocenters. The zero-order valence-electron chi connectivity index (χ0n) is 3.64. The Hall–Kier alpha value is -0.140. The summed E-state index contributed by atoms with van der Waals surface area (Å²) in [5.74, 6) is 0. The van der Waals surface area contributed by atoms with Gasteiger partial charge in [-0.15, -0.1) is 0 Å². The van der Waals surface area contributed by atoms with Gasteiger partial charge in [0.2, 0.25) is 0 Å². The molecule has 1 N–H and O–H groups in total. The molecule has 5 nitrogen and oxygen atoms in total. The summed E-state index contributed by atoms with van der Waals surface area (Å²) in [6.45, 7) is 0. The number of hydrogen-bond acceptors (Lipinski definition) is 4. The first-order valence-corrected chi connectivity index (χ1v) is 4.46. The van der Waals surface area contributed by atoms with E-state index >= 15 is 0 Å². The molecule has 0 amide bonds. The van der Waals surface area contributed by atoms with Crippen LogP contribution in [-0.2, 0) is 20.8 Å². The molecule has 0 aliphatic heterocycles. The lowest BCUT2D eigenvalue weighted by Gasteiger charge is -1.81. The van der Waals surface area contributed by atoms with Crippen molar-refractivity contribution in [2.75, 3.05) is 5.08 Å². The molecule has 0 bridgehead atoms. The molecule has 0 aliphatic carbocycles. The van der Waals surface area contributed by atoms with Gasteiger partial charge in [0.05, 0.1) is 0 Å². The second kappa shape index (κ2) is 2.42. The second-order valence-electron chi connectivity index (χ2n) is 1.04. The van der Waals surface area contributed by atoms with Crippen LogP contribution in [0.15, 0.2) is 0 Å². The van der Waals surface area contributed by atoms with Crippen molar-refractivity contribution < 1.29 is 21.4 Å². The quantitative estimate of drug-likeness (QED) is 0.377. The molecular formula is CH4O5S2. The monoisotopic (exact) mass is 160 g/mol. The number of rotatable bonds is 2. The van der Waals surface area contributed by atoms with Gasteiger partial charge in [-0.05, 0) is 0 Å². The van der Waals surface area contributed by atoms with E-state index in [-0.39, 0.29) is 0 Å². The third kappa shape index (κ3) is 5.86. The zero-order valence-corrected chi connectivity index (χ0v) is 5.35. The van der Waals surface area contributed by atoms with Gasteiger partial charge in [0, 0.05) is 0 Å². The normalized spacial score (nSPS) is 12.2. The summed E-state index contributed by atoms with van der Waals surface area (Å²) in [7, 11) is -7.35. The molecule has 0 spiro atoms. The van der Waals surface area contributed by atoms with Crippen molar-refractivity contribution in [1.82, 2.24) is 0 Å². The van der Waals surface area contributed by atoms with E-state index in [4.69, 9.17) is 4.55 Å². The van der Waals surface area contributed by atoms with E-state index in [1.807, 2.05) is 0 Å². The van der Waals surface area contributed by atoms with Gasteiger partial charge in [-0.2, -0.15) is 8.42 Å². The summed E-state index contributed by atoms with van der Waals surface area (Å²) >= 11 is 0. The van der Waals surface area contributed by atoms with Gasteiger partial charge in [0.25, 0.3) is 10.1 Å². The van der Waals surface area contributed by atoms with Crippen LogP contribution in [0.3, 0.4) is 0 Å². The van der Waals surface area contributed by atoms with Crippen LogP contribution in [0, 0.1) is 0 Å². The fourth-order valence-electron chi connectivity index (χ4n) is 0.133. The van der Waals surface area contributed by atoms with Crippen molar-refractivity contribution in [3.63, 3.8) is 0 Å². The minimum Gasteiger partial charge on any atom is -0.285 e. The molecule has 0 aliphatic rings. The highest BCUT2D eigenvalue weighted by Crippen LogP contribution is 1.78. The van der Waals surface area contributed by atoms with Crippen molar-refractivity contribution in [2.45, 2.75) is 0 Å². The standard InChI is InChI=1S/CH4O5S2/c2-7(3)1-8(4,5)6/h7H,1H2,(H,4,5,6). The first-order valence-electron chi connectivity index (χ1n) is 1.49. The SMILES string of the molecule is O=[SH](=O)CS(=O)(=O)O. The van der Waals surface area contributed by atoms with E-state index < -0.39 is 25.9 Å². The predicted octanol–water partition coefficient (Wildman–Crippen LogP) is -1.56. The van der Waals surface area contributed by atoms with Crippen LogP contribution in [0.2, 0.25) is 0 Å². The van der Waals surface area contributed by atoms with Crippen LogP contribution in [0.25, 0.3) is 0 Å². The smallest absolute Gasteiger partial charge is 0.279 e. The van der Waals surface area contributed by atoms with E-state index in [2.05, 4.69) is 0 Å². The molecule has 50 valence electrons. The molecule has 0 rings (SSSR count). The Morgan fingerprint density at radius 3 is 1.75 bits per heavy atom. The Bertz CT molecular complexity index is 211. The van der Waals surface area contributed by atoms with E-state index in [1.165, 1.54) is 0 Å². The first-order chi connectivity index (χ1) is 3.42. The van der Waals surface area contributed by atoms with Gasteiger partial charge in [-0.25, -0.2) is 8.42 Å². The molecule has 0 atom stereocenters. The molecule has 0 fully saturated rings. The van der Waals surface area contributed by atoms with Gasteiger partial charge in [0.15, 0.2) is 15.8 Å². The molecule has 0 radical (unpaired) electrons. The van der Waals surface area contributed by atoms with Crippen molar-refractivity contribution >= 4 is 20.8 Å². The fraction of sp³-hybridized carbons (Fsp3) is 1.00. The maximum atomic E-state index is 9.61. The lowest BCUT2D eigenvalue weighted by atomic mass is 11.9. The predicted molar refractivity (Wildman–Crippen MR) is 26.7 cm³/mol. The largest absolute Gasteiger partial charge is 0.285 e. The van der Waals surface area contributed by atoms with E-state index in [0.29, 0.717) is 0 Å². The van der Waals surface area contributed by atoms with Crippen LogP contribution < -0.4 is 0 Å². The van der Waals surface area contributed by atoms with Crippen LogP contribution in [0.5, 0.6) is 0 Å². The molecule has 0 heterocycles. The zero-order chi connectivity index (χ0) is 6.78. The minimum absolute atomic E-state index is 1.19. The lowest BCUT2D eigenvalue weighted by molar-refractivity contribution is 0.488. The van der Waals surface area contributed by atoms with Gasteiger partial charge in [-0.3, -0.25) is 4.55 Å². The Morgan fingerprint density at radius 2 is 1.75 bits per heavy atom. The maximum absolute atomic E-state index is 9.61. The Labute approximate surface area is 48.0 Å². The van der Waals surface area contributed by atoms with Gasteiger partial charge >= 0.3 is 0 Å². The molecule has 0 saturated carbocycles. The summed E-state index contributed by atoms with van der Waals surface area (Å²) < 4.78 is 46.0. The van der Waals surface area contributed by atoms with E-state index in [0.717, 1.165) is 0 Å². The number of hydrogen-bond donors (Lipinski definition) is 2. The van der Waals surface area contributed by atoms with Crippen LogP contribution in [0.1, 0.15) is 0 Å².